The fourth-order valence-electron chi connectivity index (χ4n) is 3.53. The van der Waals surface area contributed by atoms with Crippen LogP contribution in [0, 0.1) is 17.3 Å². The maximum absolute atomic E-state index is 12.1. The van der Waals surface area contributed by atoms with Gasteiger partial charge in [-0.05, 0) is 66.2 Å². The van der Waals surface area contributed by atoms with Crippen molar-refractivity contribution in [3.8, 4) is 0 Å². The molecule has 144 valence electrons. The van der Waals surface area contributed by atoms with E-state index in [0.29, 0.717) is 12.3 Å². The summed E-state index contributed by atoms with van der Waals surface area (Å²) in [5.74, 6) is 0.292. The Morgan fingerprint density at radius 3 is 2.72 bits per heavy atom. The van der Waals surface area contributed by atoms with Gasteiger partial charge in [0.15, 0.2) is 6.29 Å². The van der Waals surface area contributed by atoms with Gasteiger partial charge in [0.2, 0.25) is 0 Å². The monoisotopic (exact) mass is 354 g/mol. The van der Waals surface area contributed by atoms with Crippen LogP contribution in [0.15, 0.2) is 12.7 Å². The van der Waals surface area contributed by atoms with Crippen molar-refractivity contribution in [1.82, 2.24) is 0 Å². The first-order chi connectivity index (χ1) is 11.7. The molecule has 0 spiro atoms. The Labute approximate surface area is 151 Å². The molecule has 2 aliphatic rings. The van der Waals surface area contributed by atoms with Crippen LogP contribution < -0.4 is 0 Å². The van der Waals surface area contributed by atoms with Crippen molar-refractivity contribution >= 4 is 5.97 Å². The molecule has 0 aromatic rings. The molecule has 0 amide bonds. The summed E-state index contributed by atoms with van der Waals surface area (Å²) >= 11 is 0. The van der Waals surface area contributed by atoms with Crippen LogP contribution in [-0.4, -0.2) is 41.8 Å². The van der Waals surface area contributed by atoms with E-state index in [9.17, 15) is 9.90 Å². The first-order valence-corrected chi connectivity index (χ1v) is 9.50. The van der Waals surface area contributed by atoms with Gasteiger partial charge in [-0.2, -0.15) is 0 Å². The van der Waals surface area contributed by atoms with Crippen molar-refractivity contribution < 1.29 is 24.1 Å². The molecule has 0 aromatic carbocycles. The Morgan fingerprint density at radius 1 is 1.44 bits per heavy atom. The SMILES string of the molecule is C=C[C@@H]1C[C@@H](O)[C@H](C)O[C@H]1O[C@H](C)CC[C@H]1C[C@@]1(C)C(=O)OC(C)C. The summed E-state index contributed by atoms with van der Waals surface area (Å²) in [7, 11) is 0. The lowest BCUT2D eigenvalue weighted by atomic mass is 9.95. The lowest BCUT2D eigenvalue weighted by Gasteiger charge is -2.38. The van der Waals surface area contributed by atoms with E-state index < -0.39 is 6.10 Å². The van der Waals surface area contributed by atoms with Crippen molar-refractivity contribution in [2.45, 2.75) is 91.0 Å². The van der Waals surface area contributed by atoms with E-state index in [0.717, 1.165) is 19.3 Å². The molecule has 1 N–H and O–H groups in total. The minimum atomic E-state index is -0.475. The fraction of sp³-hybridized carbons (Fsp3) is 0.850. The van der Waals surface area contributed by atoms with E-state index in [1.165, 1.54) is 0 Å². The molecule has 5 heteroatoms. The zero-order valence-electron chi connectivity index (χ0n) is 16.2. The van der Waals surface area contributed by atoms with Crippen LogP contribution in [0.1, 0.15) is 60.3 Å². The number of aliphatic hydroxyl groups excluding tert-OH is 1. The second kappa shape index (κ2) is 8.19. The number of esters is 1. The Balaban J connectivity index is 1.77. The molecule has 1 aliphatic heterocycles. The number of hydrogen-bond donors (Lipinski definition) is 1. The average molecular weight is 354 g/mol. The van der Waals surface area contributed by atoms with Crippen LogP contribution in [0.4, 0.5) is 0 Å². The highest BCUT2D eigenvalue weighted by atomic mass is 16.7. The zero-order chi connectivity index (χ0) is 18.8. The molecule has 0 aromatic heterocycles. The van der Waals surface area contributed by atoms with Crippen molar-refractivity contribution in [3.63, 3.8) is 0 Å². The van der Waals surface area contributed by atoms with Gasteiger partial charge in [0.05, 0.1) is 29.8 Å². The van der Waals surface area contributed by atoms with Crippen LogP contribution in [0.5, 0.6) is 0 Å². The molecule has 0 radical (unpaired) electrons. The normalized spacial score (nSPS) is 39.1. The molecule has 1 saturated carbocycles. The molecule has 1 aliphatic carbocycles. The molecule has 0 bridgehead atoms. The third kappa shape index (κ3) is 5.05. The van der Waals surface area contributed by atoms with Crippen LogP contribution in [-0.2, 0) is 19.0 Å². The topological polar surface area (TPSA) is 65.0 Å². The van der Waals surface area contributed by atoms with E-state index in [2.05, 4.69) is 6.58 Å². The predicted octanol–water partition coefficient (Wildman–Crippen LogP) is 3.45. The zero-order valence-corrected chi connectivity index (χ0v) is 16.2. The van der Waals surface area contributed by atoms with Crippen molar-refractivity contribution in [3.05, 3.63) is 12.7 Å². The van der Waals surface area contributed by atoms with Gasteiger partial charge in [-0.15, -0.1) is 6.58 Å². The van der Waals surface area contributed by atoms with E-state index in [4.69, 9.17) is 14.2 Å². The number of hydrogen-bond acceptors (Lipinski definition) is 5. The summed E-state index contributed by atoms with van der Waals surface area (Å²) in [5, 5.41) is 9.92. The van der Waals surface area contributed by atoms with Gasteiger partial charge in [-0.1, -0.05) is 6.08 Å². The number of carbonyl (C=O) groups is 1. The third-order valence-electron chi connectivity index (χ3n) is 5.57. The Bertz CT molecular complexity index is 477. The van der Waals surface area contributed by atoms with Gasteiger partial charge in [-0.3, -0.25) is 4.79 Å². The summed E-state index contributed by atoms with van der Waals surface area (Å²) in [6.45, 7) is 13.5. The summed E-state index contributed by atoms with van der Waals surface area (Å²) in [6.07, 6.45) is 4.01. The van der Waals surface area contributed by atoms with Gasteiger partial charge < -0.3 is 19.3 Å². The second-order valence-corrected chi connectivity index (χ2v) is 8.21. The molecule has 1 saturated heterocycles. The van der Waals surface area contributed by atoms with Crippen LogP contribution in [0.3, 0.4) is 0 Å². The molecule has 25 heavy (non-hydrogen) atoms. The highest BCUT2D eigenvalue weighted by Crippen LogP contribution is 2.55. The van der Waals surface area contributed by atoms with E-state index in [1.54, 1.807) is 6.08 Å². The van der Waals surface area contributed by atoms with E-state index >= 15 is 0 Å². The van der Waals surface area contributed by atoms with Gasteiger partial charge in [0.1, 0.15) is 0 Å². The highest BCUT2D eigenvalue weighted by molar-refractivity contribution is 5.80. The maximum atomic E-state index is 12.1. The van der Waals surface area contributed by atoms with Crippen LogP contribution >= 0.6 is 0 Å². The van der Waals surface area contributed by atoms with Crippen molar-refractivity contribution in [2.24, 2.45) is 17.3 Å². The molecular formula is C20H34O5. The quantitative estimate of drug-likeness (QED) is 0.534. The third-order valence-corrected chi connectivity index (χ3v) is 5.57. The van der Waals surface area contributed by atoms with Crippen LogP contribution in [0.25, 0.3) is 0 Å². The summed E-state index contributed by atoms with van der Waals surface area (Å²) in [6, 6.07) is 0. The molecule has 2 fully saturated rings. The van der Waals surface area contributed by atoms with Gasteiger partial charge >= 0.3 is 5.97 Å². The Kier molecular flexibility index (Phi) is 6.68. The predicted molar refractivity (Wildman–Crippen MR) is 95.9 cm³/mol. The second-order valence-electron chi connectivity index (χ2n) is 8.21. The minimum absolute atomic E-state index is 0.000797. The summed E-state index contributed by atoms with van der Waals surface area (Å²) in [4.78, 5) is 12.1. The number of carbonyl (C=O) groups excluding carboxylic acids is 1. The van der Waals surface area contributed by atoms with E-state index in [1.807, 2.05) is 34.6 Å². The van der Waals surface area contributed by atoms with Gasteiger partial charge in [0, 0.05) is 5.92 Å². The average Bonchev–Trinajstić information content (AvgIpc) is 3.20. The Morgan fingerprint density at radius 2 is 2.12 bits per heavy atom. The Hall–Kier alpha value is -0.910. The summed E-state index contributed by atoms with van der Waals surface area (Å²) < 4.78 is 17.2. The van der Waals surface area contributed by atoms with Gasteiger partial charge in [-0.25, -0.2) is 0 Å². The first kappa shape index (κ1) is 20.4. The lowest BCUT2D eigenvalue weighted by molar-refractivity contribution is -0.250. The highest BCUT2D eigenvalue weighted by Gasteiger charge is 2.56. The fourth-order valence-corrected chi connectivity index (χ4v) is 3.53. The number of aliphatic hydroxyl groups is 1. The molecule has 5 nitrogen and oxygen atoms in total. The maximum Gasteiger partial charge on any atom is 0.312 e. The largest absolute Gasteiger partial charge is 0.463 e. The van der Waals surface area contributed by atoms with E-state index in [-0.39, 0.29) is 41.9 Å². The molecular weight excluding hydrogens is 320 g/mol. The molecule has 1 heterocycles. The first-order valence-electron chi connectivity index (χ1n) is 9.50. The summed E-state index contributed by atoms with van der Waals surface area (Å²) in [5.41, 5.74) is -0.326. The standard InChI is InChI=1S/C20H34O5/c1-7-15-10-17(21)14(5)25-18(15)24-13(4)8-9-16-11-20(16,6)19(22)23-12(2)3/h7,12-18,21H,1,8-11H2,2-6H3/t13-,14+,15-,16+,17-,18-,20-/m1/s1. The van der Waals surface area contributed by atoms with Crippen molar-refractivity contribution in [2.75, 3.05) is 0 Å². The smallest absolute Gasteiger partial charge is 0.312 e. The van der Waals surface area contributed by atoms with Gasteiger partial charge in [0.25, 0.3) is 0 Å². The minimum Gasteiger partial charge on any atom is -0.463 e. The number of ether oxygens (including phenoxy) is 3. The molecule has 2 rings (SSSR count). The van der Waals surface area contributed by atoms with Crippen molar-refractivity contribution in [1.29, 1.82) is 0 Å². The molecule has 0 unspecified atom stereocenters. The molecule has 7 atom stereocenters. The van der Waals surface area contributed by atoms with Crippen LogP contribution in [0.2, 0.25) is 0 Å². The lowest BCUT2D eigenvalue weighted by Crippen LogP contribution is -2.44. The number of rotatable bonds is 8.